The molecule has 3 fully saturated rings. The van der Waals surface area contributed by atoms with Crippen molar-refractivity contribution in [1.82, 2.24) is 35.6 Å². The van der Waals surface area contributed by atoms with Crippen LogP contribution in [0.25, 0.3) is 0 Å². The van der Waals surface area contributed by atoms with Gasteiger partial charge in [-0.1, -0.05) is 37.8 Å². The summed E-state index contributed by atoms with van der Waals surface area (Å²) in [5.74, 6) is 0.156. The van der Waals surface area contributed by atoms with Gasteiger partial charge in [-0.3, -0.25) is 34.2 Å². The highest BCUT2D eigenvalue weighted by Gasteiger charge is 2.41. The van der Waals surface area contributed by atoms with Crippen LogP contribution in [0.2, 0.25) is 0 Å². The molecule has 1 aliphatic carbocycles. The molecular weight excluding hydrogens is 751 g/mol. The average Bonchev–Trinajstić information content (AvgIpc) is 3.91. The fourth-order valence-electron chi connectivity index (χ4n) is 8.44. The molecule has 2 saturated heterocycles. The largest absolute Gasteiger partial charge is 0.484 e. The summed E-state index contributed by atoms with van der Waals surface area (Å²) >= 11 is 0. The molecule has 5 aliphatic rings. The van der Waals surface area contributed by atoms with Gasteiger partial charge in [0.15, 0.2) is 12.8 Å². The lowest BCUT2D eigenvalue weighted by atomic mass is 9.90. The molecule has 4 aliphatic heterocycles. The van der Waals surface area contributed by atoms with Crippen LogP contribution in [0.3, 0.4) is 0 Å². The Kier molecular flexibility index (Phi) is 13.6. The van der Waals surface area contributed by atoms with E-state index in [2.05, 4.69) is 31.1 Å². The number of guanidine groups is 1. The Hall–Kier alpha value is -5.70. The minimum Gasteiger partial charge on any atom is -0.484 e. The van der Waals surface area contributed by atoms with Gasteiger partial charge in [-0.2, -0.15) is 0 Å². The lowest BCUT2D eigenvalue weighted by Crippen LogP contribution is -2.50. The number of nitrogens with one attached hydrogen (secondary N) is 4. The third kappa shape index (κ3) is 10.5. The van der Waals surface area contributed by atoms with Crippen molar-refractivity contribution in [2.75, 3.05) is 65.3 Å². The Labute approximate surface area is 346 Å². The van der Waals surface area contributed by atoms with Gasteiger partial charge >= 0.3 is 0 Å². The fourth-order valence-corrected chi connectivity index (χ4v) is 8.44. The van der Waals surface area contributed by atoms with Gasteiger partial charge in [-0.25, -0.2) is 4.99 Å². The number of fused-ring (bicyclic) bond motifs is 1. The molecule has 2 atom stereocenters. The van der Waals surface area contributed by atoms with E-state index in [1.165, 1.54) is 0 Å². The molecule has 0 bridgehead atoms. The first-order valence-corrected chi connectivity index (χ1v) is 21.1. The zero-order valence-electron chi connectivity index (χ0n) is 34.2. The molecule has 15 heteroatoms. The lowest BCUT2D eigenvalue weighted by Gasteiger charge is -2.35. The number of amides is 5. The smallest absolute Gasteiger partial charge is 0.269 e. The molecule has 7 rings (SSSR count). The molecule has 0 spiro atoms. The molecule has 0 radical (unpaired) electrons. The number of aliphatic imine (C=N–C) groups is 1. The van der Waals surface area contributed by atoms with Crippen LogP contribution >= 0.6 is 0 Å². The summed E-state index contributed by atoms with van der Waals surface area (Å²) in [6.07, 6.45) is 12.9. The predicted molar refractivity (Wildman–Crippen MR) is 224 cm³/mol. The Balaban J connectivity index is 0.747. The summed E-state index contributed by atoms with van der Waals surface area (Å²) in [7, 11) is 3.56. The molecule has 15 nitrogen and oxygen atoms in total. The molecular formula is C44H57N9O6. The Bertz CT molecular complexity index is 1950. The van der Waals surface area contributed by atoms with E-state index in [1.807, 2.05) is 53.6 Å². The number of imide groups is 1. The molecule has 2 aromatic carbocycles. The molecule has 4 N–H and O–H groups in total. The van der Waals surface area contributed by atoms with Crippen molar-refractivity contribution in [2.24, 2.45) is 4.99 Å². The number of carbonyl (C=O) groups excluding carboxylic acids is 5. The van der Waals surface area contributed by atoms with E-state index in [1.54, 1.807) is 31.1 Å². The molecule has 4 heterocycles. The Morgan fingerprint density at radius 2 is 1.63 bits per heavy atom. The summed E-state index contributed by atoms with van der Waals surface area (Å²) in [4.78, 5) is 75.3. The van der Waals surface area contributed by atoms with Crippen molar-refractivity contribution in [3.8, 4) is 5.75 Å². The van der Waals surface area contributed by atoms with E-state index in [4.69, 9.17) is 9.73 Å². The number of benzene rings is 2. The first-order chi connectivity index (χ1) is 28.6. The summed E-state index contributed by atoms with van der Waals surface area (Å²) in [5, 5.41) is 12.0. The van der Waals surface area contributed by atoms with Crippen molar-refractivity contribution >= 4 is 41.2 Å². The lowest BCUT2D eigenvalue weighted by molar-refractivity contribution is -0.135. The second-order valence-corrected chi connectivity index (χ2v) is 16.2. The number of ether oxygens (including phenoxy) is 1. The van der Waals surface area contributed by atoms with E-state index in [0.29, 0.717) is 55.4 Å². The van der Waals surface area contributed by atoms with E-state index in [9.17, 15) is 24.0 Å². The number of hydrogen-bond acceptors (Lipinski definition) is 11. The van der Waals surface area contributed by atoms with Crippen molar-refractivity contribution in [2.45, 2.75) is 82.3 Å². The zero-order valence-corrected chi connectivity index (χ0v) is 34.2. The minimum atomic E-state index is -0.348. The van der Waals surface area contributed by atoms with Gasteiger partial charge in [0.05, 0.1) is 5.92 Å². The number of carbonyl (C=O) groups is 5. The van der Waals surface area contributed by atoms with E-state index in [0.717, 1.165) is 87.8 Å². The molecule has 314 valence electrons. The summed E-state index contributed by atoms with van der Waals surface area (Å²) in [6.45, 7) is 4.56. The molecule has 0 aromatic heterocycles. The van der Waals surface area contributed by atoms with Crippen LogP contribution in [0, 0.1) is 0 Å². The maximum atomic E-state index is 13.0. The van der Waals surface area contributed by atoms with Gasteiger partial charge in [0.2, 0.25) is 17.8 Å². The van der Waals surface area contributed by atoms with Crippen LogP contribution in [0.4, 0.5) is 5.69 Å². The van der Waals surface area contributed by atoms with Crippen LogP contribution in [0.5, 0.6) is 5.75 Å². The quantitative estimate of drug-likeness (QED) is 0.155. The third-order valence-corrected chi connectivity index (χ3v) is 11.8. The number of piperidine rings is 1. The Morgan fingerprint density at radius 3 is 2.34 bits per heavy atom. The monoisotopic (exact) mass is 807 g/mol. The van der Waals surface area contributed by atoms with Crippen molar-refractivity contribution in [3.05, 3.63) is 83.2 Å². The SMILES string of the molecule is CN(C)C(=O)C1=CC2=CNC(Nc3ccc(C(=O)NCCCCCCN4CCN(C(=O)COc5ccc(C6CCC(=O)NC6=O)cc5)CC4)cc3)=NC2N1C1CCCC1. The zero-order chi connectivity index (χ0) is 41.3. The van der Waals surface area contributed by atoms with Gasteiger partial charge in [-0.05, 0) is 86.7 Å². The van der Waals surface area contributed by atoms with Crippen LogP contribution in [0.15, 0.2) is 77.1 Å². The maximum Gasteiger partial charge on any atom is 0.269 e. The first kappa shape index (κ1) is 41.5. The minimum absolute atomic E-state index is 0.0103. The number of piperazine rings is 1. The highest BCUT2D eigenvalue weighted by atomic mass is 16.5. The van der Waals surface area contributed by atoms with Gasteiger partial charge in [0.1, 0.15) is 11.4 Å². The third-order valence-electron chi connectivity index (χ3n) is 11.8. The predicted octanol–water partition coefficient (Wildman–Crippen LogP) is 3.53. The standard InChI is InChI=1S/C44H57N9O6/c1-50(2)43(58)37-27-32-28-46-44(49-40(32)53(37)34-9-5-6-10-34)47-33-15-11-31(12-16-33)41(56)45-21-7-3-4-8-22-51-23-25-52(26-24-51)39(55)29-59-35-17-13-30(14-18-35)36-19-20-38(54)48-42(36)57/h11-18,27-28,34,36,40H,3-10,19-26,29H2,1-2H3,(H,45,56)(H2,46,47,49)(H,48,54,57). The topological polar surface area (TPSA) is 168 Å². The highest BCUT2D eigenvalue weighted by molar-refractivity contribution is 6.01. The van der Waals surface area contributed by atoms with Gasteiger partial charge < -0.3 is 35.4 Å². The molecule has 2 unspecified atom stereocenters. The van der Waals surface area contributed by atoms with Crippen LogP contribution in [-0.4, -0.2) is 127 Å². The second-order valence-electron chi connectivity index (χ2n) is 16.2. The van der Waals surface area contributed by atoms with Crippen LogP contribution in [-0.2, 0) is 19.2 Å². The van der Waals surface area contributed by atoms with E-state index >= 15 is 0 Å². The first-order valence-electron chi connectivity index (χ1n) is 21.1. The second kappa shape index (κ2) is 19.4. The number of likely N-dealkylation sites (N-methyl/N-ethyl adjacent to an activating group) is 1. The Morgan fingerprint density at radius 1 is 0.898 bits per heavy atom. The van der Waals surface area contributed by atoms with Crippen molar-refractivity contribution in [1.29, 1.82) is 0 Å². The number of hydrogen-bond donors (Lipinski definition) is 4. The van der Waals surface area contributed by atoms with Gasteiger partial charge in [-0.15, -0.1) is 0 Å². The summed E-state index contributed by atoms with van der Waals surface area (Å²) in [6, 6.07) is 14.8. The normalized spacial score (nSPS) is 20.8. The number of nitrogens with zero attached hydrogens (tertiary/aromatic N) is 5. The maximum absolute atomic E-state index is 13.0. The van der Waals surface area contributed by atoms with Gasteiger partial charge in [0.25, 0.3) is 17.7 Å². The summed E-state index contributed by atoms with van der Waals surface area (Å²) < 4.78 is 5.75. The number of rotatable bonds is 15. The number of anilines is 1. The fraction of sp³-hybridized carbons (Fsp3) is 0.500. The summed E-state index contributed by atoms with van der Waals surface area (Å²) in [5.41, 5.74) is 3.90. The van der Waals surface area contributed by atoms with E-state index < -0.39 is 0 Å². The van der Waals surface area contributed by atoms with Crippen LogP contribution in [0.1, 0.15) is 86.0 Å². The molecule has 5 amide bonds. The van der Waals surface area contributed by atoms with Crippen molar-refractivity contribution < 1.29 is 28.7 Å². The molecule has 2 aromatic rings. The average molecular weight is 808 g/mol. The van der Waals surface area contributed by atoms with Crippen molar-refractivity contribution in [3.63, 3.8) is 0 Å². The number of unbranched alkanes of at least 4 members (excludes halogenated alkanes) is 3. The van der Waals surface area contributed by atoms with E-state index in [-0.39, 0.29) is 54.3 Å². The van der Waals surface area contributed by atoms with Crippen LogP contribution < -0.4 is 26.0 Å². The highest BCUT2D eigenvalue weighted by Crippen LogP contribution is 2.37. The molecule has 1 saturated carbocycles. The van der Waals surface area contributed by atoms with Gasteiger partial charge in [0, 0.05) is 82.3 Å². The molecule has 59 heavy (non-hydrogen) atoms.